The van der Waals surface area contributed by atoms with Gasteiger partial charge in [0, 0.05) is 30.3 Å². The van der Waals surface area contributed by atoms with Gasteiger partial charge in [-0.25, -0.2) is 4.79 Å². The number of aromatic carboxylic acids is 1. The van der Waals surface area contributed by atoms with Crippen LogP contribution in [0.4, 0.5) is 0 Å². The number of carboxylic acids is 1. The Labute approximate surface area is 131 Å². The molecule has 1 aliphatic rings. The molecule has 0 saturated carbocycles. The van der Waals surface area contributed by atoms with Crippen LogP contribution >= 0.6 is 15.9 Å². The molecule has 1 N–H and O–H groups in total. The van der Waals surface area contributed by atoms with Crippen LogP contribution in [0.25, 0.3) is 0 Å². The van der Waals surface area contributed by atoms with Gasteiger partial charge in [0.2, 0.25) is 0 Å². The second kappa shape index (κ2) is 5.95. The van der Waals surface area contributed by atoms with Gasteiger partial charge < -0.3 is 5.11 Å². The van der Waals surface area contributed by atoms with Crippen molar-refractivity contribution in [2.45, 2.75) is 19.5 Å². The fraction of sp³-hybridized carbons (Fsp3) is 0.250. The third kappa shape index (κ3) is 3.31. The molecule has 3 rings (SSSR count). The summed E-state index contributed by atoms with van der Waals surface area (Å²) in [5.74, 6) is -0.871. The molecule has 0 aliphatic carbocycles. The maximum absolute atomic E-state index is 11.1. The fourth-order valence-electron chi connectivity index (χ4n) is 2.61. The van der Waals surface area contributed by atoms with E-state index in [1.807, 2.05) is 18.2 Å². The summed E-state index contributed by atoms with van der Waals surface area (Å²) in [5, 5.41) is 9.09. The molecule has 0 radical (unpaired) electrons. The second-order valence-corrected chi connectivity index (χ2v) is 6.13. The van der Waals surface area contributed by atoms with Crippen molar-refractivity contribution in [2.75, 3.05) is 6.54 Å². The van der Waals surface area contributed by atoms with Crippen molar-refractivity contribution >= 4 is 21.9 Å². The molecule has 1 aromatic heterocycles. The van der Waals surface area contributed by atoms with E-state index in [9.17, 15) is 4.79 Å². The highest BCUT2D eigenvalue weighted by Gasteiger charge is 2.18. The summed E-state index contributed by atoms with van der Waals surface area (Å²) >= 11 is 3.38. The Morgan fingerprint density at radius 3 is 2.86 bits per heavy atom. The van der Waals surface area contributed by atoms with Crippen LogP contribution in [0.1, 0.15) is 27.2 Å². The number of hydrogen-bond donors (Lipinski definition) is 1. The number of rotatable bonds is 3. The Morgan fingerprint density at radius 1 is 1.29 bits per heavy atom. The molecule has 2 aromatic rings. The van der Waals surface area contributed by atoms with E-state index < -0.39 is 5.97 Å². The van der Waals surface area contributed by atoms with Crippen LogP contribution in [0.2, 0.25) is 0 Å². The van der Waals surface area contributed by atoms with Crippen LogP contribution in [0.3, 0.4) is 0 Å². The molecule has 0 amide bonds. The lowest BCUT2D eigenvalue weighted by molar-refractivity contribution is 0.0696. The van der Waals surface area contributed by atoms with Gasteiger partial charge in [-0.15, -0.1) is 0 Å². The smallest absolute Gasteiger partial charge is 0.335 e. The van der Waals surface area contributed by atoms with Crippen LogP contribution in [-0.2, 0) is 19.5 Å². The van der Waals surface area contributed by atoms with Gasteiger partial charge in [0.15, 0.2) is 0 Å². The van der Waals surface area contributed by atoms with Gasteiger partial charge in [-0.3, -0.25) is 9.88 Å². The van der Waals surface area contributed by atoms with Crippen molar-refractivity contribution < 1.29 is 9.90 Å². The Morgan fingerprint density at radius 2 is 2.14 bits per heavy atom. The van der Waals surface area contributed by atoms with E-state index in [0.717, 1.165) is 41.8 Å². The minimum absolute atomic E-state index is 0.359. The molecule has 0 unspecified atom stereocenters. The zero-order chi connectivity index (χ0) is 14.8. The molecule has 21 heavy (non-hydrogen) atoms. The van der Waals surface area contributed by atoms with Crippen molar-refractivity contribution in [1.29, 1.82) is 0 Å². The number of aromatic nitrogens is 1. The van der Waals surface area contributed by atoms with Crippen molar-refractivity contribution in [3.63, 3.8) is 0 Å². The van der Waals surface area contributed by atoms with Gasteiger partial charge in [-0.2, -0.15) is 0 Å². The number of carbonyl (C=O) groups is 1. The predicted molar refractivity (Wildman–Crippen MR) is 83.2 cm³/mol. The molecular formula is C16H15BrN2O2. The maximum Gasteiger partial charge on any atom is 0.335 e. The summed E-state index contributed by atoms with van der Waals surface area (Å²) in [6.45, 7) is 2.52. The Kier molecular flexibility index (Phi) is 4.03. The molecule has 0 spiro atoms. The number of benzene rings is 1. The normalized spacial score (nSPS) is 14.7. The number of carboxylic acid groups (broad SMARTS) is 1. The first-order valence-corrected chi connectivity index (χ1v) is 7.59. The van der Waals surface area contributed by atoms with Crippen molar-refractivity contribution in [1.82, 2.24) is 9.88 Å². The number of halogens is 1. The Balaban J connectivity index is 1.75. The number of fused-ring (bicyclic) bond motifs is 1. The van der Waals surface area contributed by atoms with Crippen LogP contribution in [-0.4, -0.2) is 27.5 Å². The van der Waals surface area contributed by atoms with E-state index in [4.69, 9.17) is 5.11 Å². The Hall–Kier alpha value is -1.72. The molecule has 108 valence electrons. The van der Waals surface area contributed by atoms with Crippen molar-refractivity contribution in [3.05, 3.63) is 63.4 Å². The molecule has 0 bridgehead atoms. The van der Waals surface area contributed by atoms with E-state index >= 15 is 0 Å². The molecule has 1 aromatic carbocycles. The highest BCUT2D eigenvalue weighted by atomic mass is 79.9. The van der Waals surface area contributed by atoms with Crippen LogP contribution in [0.5, 0.6) is 0 Å². The number of nitrogens with zero attached hydrogens (tertiary/aromatic N) is 2. The summed E-state index contributed by atoms with van der Waals surface area (Å²) in [6.07, 6.45) is 2.75. The first-order valence-electron chi connectivity index (χ1n) is 6.80. The maximum atomic E-state index is 11.1. The summed E-state index contributed by atoms with van der Waals surface area (Å²) in [5.41, 5.74) is 3.74. The van der Waals surface area contributed by atoms with Gasteiger partial charge >= 0.3 is 5.97 Å². The minimum atomic E-state index is -0.871. The third-order valence-corrected chi connectivity index (χ3v) is 4.19. The summed E-state index contributed by atoms with van der Waals surface area (Å²) in [7, 11) is 0. The molecule has 0 atom stereocenters. The summed E-state index contributed by atoms with van der Waals surface area (Å²) in [4.78, 5) is 17.8. The van der Waals surface area contributed by atoms with E-state index in [1.165, 1.54) is 5.56 Å². The molecule has 0 saturated heterocycles. The zero-order valence-electron chi connectivity index (χ0n) is 11.4. The van der Waals surface area contributed by atoms with Gasteiger partial charge in [0.1, 0.15) is 0 Å². The summed E-state index contributed by atoms with van der Waals surface area (Å²) < 4.78 is 0.973. The lowest BCUT2D eigenvalue weighted by Crippen LogP contribution is -2.30. The van der Waals surface area contributed by atoms with E-state index in [2.05, 4.69) is 25.8 Å². The zero-order valence-corrected chi connectivity index (χ0v) is 13.0. The van der Waals surface area contributed by atoms with Crippen molar-refractivity contribution in [3.8, 4) is 0 Å². The Bertz CT molecular complexity index is 670. The topological polar surface area (TPSA) is 53.4 Å². The van der Waals surface area contributed by atoms with Gasteiger partial charge in [-0.1, -0.05) is 6.07 Å². The first-order chi connectivity index (χ1) is 10.1. The summed E-state index contributed by atoms with van der Waals surface area (Å²) in [6, 6.07) is 9.41. The molecule has 5 heteroatoms. The van der Waals surface area contributed by atoms with Gasteiger partial charge in [0.25, 0.3) is 0 Å². The standard InChI is InChI=1S/C16H15BrN2O2/c17-14-3-4-15(18-8-14)10-19-6-5-11-1-2-12(16(20)21)7-13(11)9-19/h1-4,7-8H,5-6,9-10H2,(H,20,21). The second-order valence-electron chi connectivity index (χ2n) is 5.22. The predicted octanol–water partition coefficient (Wildman–Crippen LogP) is 3.10. The molecule has 4 nitrogen and oxygen atoms in total. The van der Waals surface area contributed by atoms with Crippen molar-refractivity contribution in [2.24, 2.45) is 0 Å². The van der Waals surface area contributed by atoms with Crippen LogP contribution < -0.4 is 0 Å². The lowest BCUT2D eigenvalue weighted by atomic mass is 9.97. The van der Waals surface area contributed by atoms with Crippen LogP contribution in [0.15, 0.2) is 41.0 Å². The van der Waals surface area contributed by atoms with E-state index in [-0.39, 0.29) is 0 Å². The SMILES string of the molecule is O=C(O)c1ccc2c(c1)CN(Cc1ccc(Br)cn1)CC2. The largest absolute Gasteiger partial charge is 0.478 e. The number of pyridine rings is 1. The average Bonchev–Trinajstić information content (AvgIpc) is 2.49. The van der Waals surface area contributed by atoms with E-state index in [0.29, 0.717) is 5.56 Å². The fourth-order valence-corrected chi connectivity index (χ4v) is 2.85. The minimum Gasteiger partial charge on any atom is -0.478 e. The molecular weight excluding hydrogens is 332 g/mol. The first kappa shape index (κ1) is 14.2. The van der Waals surface area contributed by atoms with Crippen LogP contribution in [0, 0.1) is 0 Å². The molecule has 0 fully saturated rings. The molecule has 2 heterocycles. The average molecular weight is 347 g/mol. The van der Waals surface area contributed by atoms with Gasteiger partial charge in [-0.05, 0) is 57.7 Å². The lowest BCUT2D eigenvalue weighted by Gasteiger charge is -2.28. The number of hydrogen-bond acceptors (Lipinski definition) is 3. The quantitative estimate of drug-likeness (QED) is 0.927. The highest BCUT2D eigenvalue weighted by Crippen LogP contribution is 2.22. The monoisotopic (exact) mass is 346 g/mol. The van der Waals surface area contributed by atoms with E-state index in [1.54, 1.807) is 18.3 Å². The third-order valence-electron chi connectivity index (χ3n) is 3.72. The highest BCUT2D eigenvalue weighted by molar-refractivity contribution is 9.10. The van der Waals surface area contributed by atoms with Gasteiger partial charge in [0.05, 0.1) is 11.3 Å². The molecule has 1 aliphatic heterocycles.